The number of ketones is 1. The second kappa shape index (κ2) is 9.54. The third-order valence-electron chi connectivity index (χ3n) is 9.71. The molecular weight excluding hydrogens is 420 g/mol. The first-order chi connectivity index (χ1) is 15.8. The van der Waals surface area contributed by atoms with Crippen molar-refractivity contribution in [1.82, 2.24) is 0 Å². The molecule has 0 aliphatic heterocycles. The molecule has 0 aromatic heterocycles. The fraction of sp³-hybridized carbons (Fsp3) is 0.750. The molecule has 4 rings (SSSR count). The van der Waals surface area contributed by atoms with E-state index in [9.17, 15) is 9.18 Å². The predicted molar refractivity (Wildman–Crippen MR) is 129 cm³/mol. The molecule has 0 saturated heterocycles. The van der Waals surface area contributed by atoms with E-state index in [4.69, 9.17) is 4.74 Å². The van der Waals surface area contributed by atoms with Crippen molar-refractivity contribution in [2.45, 2.75) is 84.2 Å². The zero-order valence-corrected chi connectivity index (χ0v) is 20.8. The van der Waals surface area contributed by atoms with Crippen LogP contribution in [0.15, 0.2) is 18.2 Å². The highest BCUT2D eigenvalue weighted by Crippen LogP contribution is 2.65. The normalized spacial score (nSPS) is 37.8. The maximum Gasteiger partial charge on any atom is 0.155 e. The molecule has 5 heteroatoms. The third-order valence-corrected chi connectivity index (χ3v) is 9.71. The fourth-order valence-electron chi connectivity index (χ4n) is 8.18. The number of rotatable bonds is 8. The number of halogens is 2. The lowest BCUT2D eigenvalue weighted by Crippen LogP contribution is -2.55. The first-order valence-electron chi connectivity index (χ1n) is 13.1. The maximum atomic E-state index is 16.5. The van der Waals surface area contributed by atoms with E-state index in [0.29, 0.717) is 29.7 Å². The minimum Gasteiger partial charge on any atom is -0.494 e. The van der Waals surface area contributed by atoms with Gasteiger partial charge in [0.15, 0.2) is 5.78 Å². The van der Waals surface area contributed by atoms with Crippen molar-refractivity contribution in [3.8, 4) is 5.75 Å². The van der Waals surface area contributed by atoms with Crippen LogP contribution in [-0.4, -0.2) is 25.1 Å². The molecule has 3 fully saturated rings. The molecule has 7 unspecified atom stereocenters. The molecule has 1 aromatic rings. The minimum atomic E-state index is -1.03. The highest BCUT2D eigenvalue weighted by molar-refractivity contribution is 5.86. The second-order valence-electron chi connectivity index (χ2n) is 11.1. The monoisotopic (exact) mass is 461 g/mol. The van der Waals surface area contributed by atoms with Crippen molar-refractivity contribution >= 4 is 11.5 Å². The Balaban J connectivity index is 1.48. The van der Waals surface area contributed by atoms with Gasteiger partial charge < -0.3 is 10.1 Å². The quantitative estimate of drug-likeness (QED) is 0.445. The largest absolute Gasteiger partial charge is 0.494 e. The van der Waals surface area contributed by atoms with E-state index in [2.05, 4.69) is 26.1 Å². The molecule has 0 amide bonds. The van der Waals surface area contributed by atoms with Gasteiger partial charge in [-0.15, -0.1) is 0 Å². The Kier molecular flexibility index (Phi) is 7.08. The number of hydrogen-bond acceptors (Lipinski definition) is 3. The average Bonchev–Trinajstić information content (AvgIpc) is 3.15. The maximum absolute atomic E-state index is 16.5. The number of anilines is 1. The Morgan fingerprint density at radius 2 is 1.94 bits per heavy atom. The predicted octanol–water partition coefficient (Wildman–Crippen LogP) is 7.20. The van der Waals surface area contributed by atoms with E-state index in [0.717, 1.165) is 51.4 Å². The number of ether oxygens (including phenoxy) is 1. The SMILES string of the molecule is CCCC1(F)C(CC)CCC2C3CCC(C(=O)CNc4ccc(F)cc4OC)C3(C)CCC21. The molecule has 3 aliphatic rings. The summed E-state index contributed by atoms with van der Waals surface area (Å²) in [4.78, 5) is 13.4. The number of carbonyl (C=O) groups is 1. The molecule has 0 bridgehead atoms. The lowest BCUT2D eigenvalue weighted by molar-refractivity contribution is -0.137. The molecule has 33 heavy (non-hydrogen) atoms. The van der Waals surface area contributed by atoms with Gasteiger partial charge in [-0.2, -0.15) is 0 Å². The summed E-state index contributed by atoms with van der Waals surface area (Å²) in [5, 5.41) is 3.18. The smallest absolute Gasteiger partial charge is 0.155 e. The molecule has 7 atom stereocenters. The lowest BCUT2D eigenvalue weighted by Gasteiger charge is -2.57. The molecular formula is C28H41F2NO2. The Morgan fingerprint density at radius 1 is 1.15 bits per heavy atom. The van der Waals surface area contributed by atoms with Crippen LogP contribution in [0.5, 0.6) is 5.75 Å². The van der Waals surface area contributed by atoms with E-state index in [-0.39, 0.29) is 41.3 Å². The van der Waals surface area contributed by atoms with Crippen molar-refractivity contribution < 1.29 is 18.3 Å². The molecule has 3 aliphatic carbocycles. The number of hydrogen-bond donors (Lipinski definition) is 1. The lowest BCUT2D eigenvalue weighted by atomic mass is 9.49. The van der Waals surface area contributed by atoms with E-state index >= 15 is 4.39 Å². The van der Waals surface area contributed by atoms with Gasteiger partial charge in [-0.25, -0.2) is 8.78 Å². The zero-order valence-electron chi connectivity index (χ0n) is 20.8. The Hall–Kier alpha value is -1.65. The van der Waals surface area contributed by atoms with Crippen molar-refractivity contribution in [2.75, 3.05) is 19.0 Å². The third kappa shape index (κ3) is 4.18. The van der Waals surface area contributed by atoms with Crippen LogP contribution in [0.25, 0.3) is 0 Å². The molecule has 0 heterocycles. The van der Waals surface area contributed by atoms with E-state index in [1.165, 1.54) is 19.2 Å². The Labute approximate surface area is 198 Å². The summed E-state index contributed by atoms with van der Waals surface area (Å²) in [5.41, 5.74) is -0.439. The molecule has 3 nitrogen and oxygen atoms in total. The standard InChI is InChI=1S/C28H41F2NO2/c1-5-14-28(30)18(6-2)7-9-20-21-10-11-23(27(21,3)15-13-22(20)28)25(32)17-31-24-12-8-19(29)16-26(24)33-4/h8,12,16,18,20-23,31H,5-7,9-11,13-15,17H2,1-4H3. The van der Waals surface area contributed by atoms with Crippen molar-refractivity contribution in [3.05, 3.63) is 24.0 Å². The Bertz CT molecular complexity index is 860. The summed E-state index contributed by atoms with van der Waals surface area (Å²) in [6.07, 6.45) is 8.41. The van der Waals surface area contributed by atoms with Gasteiger partial charge in [0.2, 0.25) is 0 Å². The van der Waals surface area contributed by atoms with Crippen molar-refractivity contribution in [2.24, 2.45) is 35.0 Å². The van der Waals surface area contributed by atoms with Gasteiger partial charge in [0, 0.05) is 12.0 Å². The van der Waals surface area contributed by atoms with Crippen LogP contribution in [0.4, 0.5) is 14.5 Å². The van der Waals surface area contributed by atoms with Crippen LogP contribution < -0.4 is 10.1 Å². The van der Waals surface area contributed by atoms with E-state index in [1.54, 1.807) is 6.07 Å². The van der Waals surface area contributed by atoms with Gasteiger partial charge in [-0.1, -0.05) is 33.6 Å². The Morgan fingerprint density at radius 3 is 2.64 bits per heavy atom. The van der Waals surface area contributed by atoms with E-state index in [1.807, 2.05) is 0 Å². The molecule has 1 N–H and O–H groups in total. The first-order valence-corrected chi connectivity index (χ1v) is 13.1. The summed E-state index contributed by atoms with van der Waals surface area (Å²) in [6.45, 7) is 6.77. The summed E-state index contributed by atoms with van der Waals surface area (Å²) >= 11 is 0. The molecule has 0 spiro atoms. The van der Waals surface area contributed by atoms with Gasteiger partial charge in [0.05, 0.1) is 19.3 Å². The van der Waals surface area contributed by atoms with Crippen LogP contribution in [0, 0.1) is 40.8 Å². The molecule has 3 saturated carbocycles. The van der Waals surface area contributed by atoms with Crippen LogP contribution >= 0.6 is 0 Å². The van der Waals surface area contributed by atoms with Crippen LogP contribution in [0.2, 0.25) is 0 Å². The van der Waals surface area contributed by atoms with Crippen LogP contribution in [0.1, 0.15) is 78.6 Å². The number of benzene rings is 1. The molecule has 184 valence electrons. The molecule has 1 aromatic carbocycles. The molecule has 0 radical (unpaired) electrons. The number of fused-ring (bicyclic) bond motifs is 3. The minimum absolute atomic E-state index is 0.00600. The highest BCUT2D eigenvalue weighted by Gasteiger charge is 2.61. The van der Waals surface area contributed by atoms with Gasteiger partial charge in [-0.3, -0.25) is 4.79 Å². The first kappa shape index (κ1) is 24.5. The number of methoxy groups -OCH3 is 1. The van der Waals surface area contributed by atoms with Gasteiger partial charge in [-0.05, 0) is 86.2 Å². The van der Waals surface area contributed by atoms with Crippen LogP contribution in [0.3, 0.4) is 0 Å². The van der Waals surface area contributed by atoms with Crippen molar-refractivity contribution in [3.63, 3.8) is 0 Å². The summed E-state index contributed by atoms with van der Waals surface area (Å²) in [7, 11) is 1.50. The van der Waals surface area contributed by atoms with Crippen molar-refractivity contribution in [1.29, 1.82) is 0 Å². The van der Waals surface area contributed by atoms with Gasteiger partial charge >= 0.3 is 0 Å². The highest BCUT2D eigenvalue weighted by atomic mass is 19.1. The number of carbonyl (C=O) groups excluding carboxylic acids is 1. The van der Waals surface area contributed by atoms with E-state index < -0.39 is 5.67 Å². The zero-order chi connectivity index (χ0) is 23.8. The second-order valence-corrected chi connectivity index (χ2v) is 11.1. The van der Waals surface area contributed by atoms with Gasteiger partial charge in [0.25, 0.3) is 0 Å². The number of nitrogens with one attached hydrogen (secondary N) is 1. The summed E-state index contributed by atoms with van der Waals surface area (Å²) in [5.74, 6) is 1.46. The number of Topliss-reactive ketones (excluding diaryl/α,β-unsaturated/α-hetero) is 1. The fourth-order valence-corrected chi connectivity index (χ4v) is 8.18. The van der Waals surface area contributed by atoms with Gasteiger partial charge in [0.1, 0.15) is 17.2 Å². The van der Waals surface area contributed by atoms with Crippen LogP contribution in [-0.2, 0) is 4.79 Å². The average molecular weight is 462 g/mol. The summed E-state index contributed by atoms with van der Waals surface area (Å²) in [6, 6.07) is 4.31. The number of alkyl halides is 1. The summed E-state index contributed by atoms with van der Waals surface area (Å²) < 4.78 is 35.3. The topological polar surface area (TPSA) is 38.3 Å².